The Morgan fingerprint density at radius 1 is 0.857 bits per heavy atom. The minimum Gasteiger partial charge on any atom is -0.508 e. The Bertz CT molecular complexity index is 700. The van der Waals surface area contributed by atoms with Gasteiger partial charge in [-0.2, -0.15) is 5.26 Å². The van der Waals surface area contributed by atoms with Crippen LogP contribution in [0.25, 0.3) is 0 Å². The maximum Gasteiger partial charge on any atom is 0.314 e. The summed E-state index contributed by atoms with van der Waals surface area (Å²) in [6.45, 7) is 0. The molecule has 3 N–H and O–H groups in total. The molecule has 2 aromatic rings. The van der Waals surface area contributed by atoms with Crippen LogP contribution in [0.1, 0.15) is 5.56 Å². The van der Waals surface area contributed by atoms with E-state index in [0.717, 1.165) is 0 Å². The van der Waals surface area contributed by atoms with Crippen molar-refractivity contribution in [1.29, 1.82) is 5.26 Å². The van der Waals surface area contributed by atoms with E-state index in [0.29, 0.717) is 16.9 Å². The van der Waals surface area contributed by atoms with Gasteiger partial charge in [0, 0.05) is 11.4 Å². The highest BCUT2D eigenvalue weighted by Gasteiger charge is 2.13. The lowest BCUT2D eigenvalue weighted by Gasteiger charge is -2.06. The number of nitrogens with zero attached hydrogens (tertiary/aromatic N) is 1. The number of carbonyl (C=O) groups is 2. The number of amides is 2. The number of phenols is 1. The molecule has 2 amide bonds. The number of aromatic hydroxyl groups is 1. The normalized spacial score (nSPS) is 9.48. The molecule has 0 bridgehead atoms. The second kappa shape index (κ2) is 6.21. The number of nitriles is 1. The zero-order valence-corrected chi connectivity index (χ0v) is 10.8. The first-order chi connectivity index (χ1) is 10.1. The van der Waals surface area contributed by atoms with Gasteiger partial charge in [0.25, 0.3) is 0 Å². The number of phenolic OH excluding ortho intramolecular Hbond substituents is 1. The van der Waals surface area contributed by atoms with E-state index in [1.54, 1.807) is 0 Å². The third kappa shape index (κ3) is 3.81. The molecule has 0 aliphatic rings. The Balaban J connectivity index is 1.97. The van der Waals surface area contributed by atoms with Gasteiger partial charge in [-0.25, -0.2) is 0 Å². The van der Waals surface area contributed by atoms with E-state index in [-0.39, 0.29) is 5.75 Å². The van der Waals surface area contributed by atoms with Crippen LogP contribution >= 0.6 is 0 Å². The van der Waals surface area contributed by atoms with Crippen molar-refractivity contribution in [3.63, 3.8) is 0 Å². The van der Waals surface area contributed by atoms with Crippen LogP contribution in [0.3, 0.4) is 0 Å². The molecule has 2 aromatic carbocycles. The molecule has 6 heteroatoms. The number of hydrogen-bond acceptors (Lipinski definition) is 4. The Hall–Kier alpha value is -3.33. The molecule has 0 saturated carbocycles. The average molecular weight is 281 g/mol. The number of hydrogen-bond donors (Lipinski definition) is 3. The van der Waals surface area contributed by atoms with E-state index in [1.807, 2.05) is 6.07 Å². The SMILES string of the molecule is N#Cc1ccc(NC(=O)C(=O)Nc2ccc(O)cc2)cc1. The van der Waals surface area contributed by atoms with E-state index in [1.165, 1.54) is 48.5 Å². The fourth-order valence-corrected chi connectivity index (χ4v) is 1.55. The van der Waals surface area contributed by atoms with E-state index in [4.69, 9.17) is 10.4 Å². The van der Waals surface area contributed by atoms with Gasteiger partial charge in [-0.3, -0.25) is 9.59 Å². The van der Waals surface area contributed by atoms with E-state index in [9.17, 15) is 9.59 Å². The molecule has 0 aromatic heterocycles. The fraction of sp³-hybridized carbons (Fsp3) is 0. The summed E-state index contributed by atoms with van der Waals surface area (Å²) in [6.07, 6.45) is 0. The van der Waals surface area contributed by atoms with Crippen LogP contribution in [-0.4, -0.2) is 16.9 Å². The first-order valence-electron chi connectivity index (χ1n) is 6.00. The summed E-state index contributed by atoms with van der Waals surface area (Å²) in [6, 6.07) is 13.8. The van der Waals surface area contributed by atoms with Crippen molar-refractivity contribution in [1.82, 2.24) is 0 Å². The van der Waals surface area contributed by atoms with Crippen LogP contribution in [-0.2, 0) is 9.59 Å². The lowest BCUT2D eigenvalue weighted by atomic mass is 10.2. The zero-order chi connectivity index (χ0) is 15.2. The maximum atomic E-state index is 11.7. The molecule has 0 spiro atoms. The quantitative estimate of drug-likeness (QED) is 0.577. The molecule has 0 aliphatic carbocycles. The topological polar surface area (TPSA) is 102 Å². The molecule has 2 rings (SSSR count). The Morgan fingerprint density at radius 3 is 1.71 bits per heavy atom. The molecule has 6 nitrogen and oxygen atoms in total. The van der Waals surface area contributed by atoms with Gasteiger partial charge in [0.05, 0.1) is 11.6 Å². The Kier molecular flexibility index (Phi) is 4.17. The predicted octanol–water partition coefficient (Wildman–Crippen LogP) is 1.84. The van der Waals surface area contributed by atoms with E-state index < -0.39 is 11.8 Å². The molecule has 21 heavy (non-hydrogen) atoms. The van der Waals surface area contributed by atoms with Crippen LogP contribution in [0, 0.1) is 11.3 Å². The van der Waals surface area contributed by atoms with Crippen molar-refractivity contribution in [2.24, 2.45) is 0 Å². The molecular weight excluding hydrogens is 270 g/mol. The van der Waals surface area contributed by atoms with Crippen LogP contribution < -0.4 is 10.6 Å². The van der Waals surface area contributed by atoms with Crippen LogP contribution in [0.15, 0.2) is 48.5 Å². The monoisotopic (exact) mass is 281 g/mol. The largest absolute Gasteiger partial charge is 0.508 e. The second-order valence-corrected chi connectivity index (χ2v) is 4.14. The minimum atomic E-state index is -0.829. The molecule has 0 atom stereocenters. The third-order valence-corrected chi connectivity index (χ3v) is 2.60. The first kappa shape index (κ1) is 14.1. The highest BCUT2D eigenvalue weighted by molar-refractivity contribution is 6.43. The molecule has 104 valence electrons. The van der Waals surface area contributed by atoms with Gasteiger partial charge in [-0.1, -0.05) is 0 Å². The Morgan fingerprint density at radius 2 is 1.29 bits per heavy atom. The Labute approximate surface area is 120 Å². The van der Waals surface area contributed by atoms with Crippen molar-refractivity contribution >= 4 is 23.2 Å². The van der Waals surface area contributed by atoms with Gasteiger partial charge in [0.2, 0.25) is 0 Å². The van der Waals surface area contributed by atoms with Gasteiger partial charge in [-0.05, 0) is 48.5 Å². The highest BCUT2D eigenvalue weighted by atomic mass is 16.3. The summed E-state index contributed by atoms with van der Waals surface area (Å²) in [5, 5.41) is 22.6. The minimum absolute atomic E-state index is 0.0648. The number of carbonyl (C=O) groups excluding carboxylic acids is 2. The molecule has 0 heterocycles. The van der Waals surface area contributed by atoms with Crippen LogP contribution in [0.2, 0.25) is 0 Å². The van der Waals surface area contributed by atoms with Crippen molar-refractivity contribution in [3.8, 4) is 11.8 Å². The molecule has 0 radical (unpaired) electrons. The summed E-state index contributed by atoms with van der Waals surface area (Å²) in [7, 11) is 0. The summed E-state index contributed by atoms with van der Waals surface area (Å²) < 4.78 is 0. The fourth-order valence-electron chi connectivity index (χ4n) is 1.55. The van der Waals surface area contributed by atoms with Gasteiger partial charge in [0.1, 0.15) is 5.75 Å². The lowest BCUT2D eigenvalue weighted by Crippen LogP contribution is -2.29. The van der Waals surface area contributed by atoms with Gasteiger partial charge in [-0.15, -0.1) is 0 Å². The van der Waals surface area contributed by atoms with Crippen molar-refractivity contribution in [2.75, 3.05) is 10.6 Å². The number of rotatable bonds is 2. The van der Waals surface area contributed by atoms with Gasteiger partial charge in [0.15, 0.2) is 0 Å². The van der Waals surface area contributed by atoms with Crippen LogP contribution in [0.5, 0.6) is 5.75 Å². The van der Waals surface area contributed by atoms with Crippen molar-refractivity contribution < 1.29 is 14.7 Å². The number of anilines is 2. The lowest BCUT2D eigenvalue weighted by molar-refractivity contribution is -0.132. The summed E-state index contributed by atoms with van der Waals surface area (Å²) in [5.74, 6) is -1.59. The molecule has 0 saturated heterocycles. The van der Waals surface area contributed by atoms with Crippen LogP contribution in [0.4, 0.5) is 11.4 Å². The number of benzene rings is 2. The standard InChI is InChI=1S/C15H11N3O3/c16-9-10-1-3-11(4-2-10)17-14(20)15(21)18-12-5-7-13(19)8-6-12/h1-8,19H,(H,17,20)(H,18,21). The van der Waals surface area contributed by atoms with Gasteiger partial charge >= 0.3 is 11.8 Å². The summed E-state index contributed by atoms with van der Waals surface area (Å²) in [5.41, 5.74) is 1.27. The maximum absolute atomic E-state index is 11.7. The average Bonchev–Trinajstić information content (AvgIpc) is 2.50. The number of nitrogens with one attached hydrogen (secondary N) is 2. The smallest absolute Gasteiger partial charge is 0.314 e. The molecule has 0 unspecified atom stereocenters. The van der Waals surface area contributed by atoms with Crippen molar-refractivity contribution in [2.45, 2.75) is 0 Å². The van der Waals surface area contributed by atoms with Crippen molar-refractivity contribution in [3.05, 3.63) is 54.1 Å². The van der Waals surface area contributed by atoms with E-state index in [2.05, 4.69) is 10.6 Å². The molecule has 0 aliphatic heterocycles. The first-order valence-corrected chi connectivity index (χ1v) is 6.00. The molecule has 0 fully saturated rings. The van der Waals surface area contributed by atoms with Gasteiger partial charge < -0.3 is 15.7 Å². The molecular formula is C15H11N3O3. The predicted molar refractivity (Wildman–Crippen MR) is 76.5 cm³/mol. The zero-order valence-electron chi connectivity index (χ0n) is 10.8. The second-order valence-electron chi connectivity index (χ2n) is 4.14. The summed E-state index contributed by atoms with van der Waals surface area (Å²) >= 11 is 0. The third-order valence-electron chi connectivity index (χ3n) is 2.60. The van der Waals surface area contributed by atoms with E-state index >= 15 is 0 Å². The summed E-state index contributed by atoms with van der Waals surface area (Å²) in [4.78, 5) is 23.4. The highest BCUT2D eigenvalue weighted by Crippen LogP contribution is 2.14.